The number of carbonyl (C=O) groups is 1. The van der Waals surface area contributed by atoms with Crippen LogP contribution in [0.25, 0.3) is 0 Å². The van der Waals surface area contributed by atoms with Crippen molar-refractivity contribution in [1.29, 1.82) is 0 Å². The molecule has 0 saturated heterocycles. The molecule has 1 fully saturated rings. The Labute approximate surface area is 168 Å². The van der Waals surface area contributed by atoms with Gasteiger partial charge in [-0.1, -0.05) is 0 Å². The molecule has 144 valence electrons. The Kier molecular flexibility index (Phi) is 6.22. The van der Waals surface area contributed by atoms with Crippen molar-refractivity contribution in [3.8, 4) is 0 Å². The summed E-state index contributed by atoms with van der Waals surface area (Å²) in [4.78, 5) is 16.1. The standard InChI is InChI=1S/C18H18F2IN3O3/c19-11-6-9(21)4-5-13(11)24-14-8-23-16(20)7-10(14)18(26)27-15-3-1-2-12(22)17(15)25/h4-8,12,15,17,24-25H,1-3,22H2. The van der Waals surface area contributed by atoms with Gasteiger partial charge in [-0.2, -0.15) is 4.39 Å². The molecule has 0 spiro atoms. The van der Waals surface area contributed by atoms with Crippen molar-refractivity contribution in [2.75, 3.05) is 5.32 Å². The second-order valence-electron chi connectivity index (χ2n) is 6.33. The first-order valence-electron chi connectivity index (χ1n) is 8.37. The summed E-state index contributed by atoms with van der Waals surface area (Å²) >= 11 is 1.97. The van der Waals surface area contributed by atoms with E-state index in [0.717, 1.165) is 12.3 Å². The van der Waals surface area contributed by atoms with Crippen LogP contribution in [-0.4, -0.2) is 34.3 Å². The maximum atomic E-state index is 14.1. The first kappa shape index (κ1) is 19.9. The Morgan fingerprint density at radius 1 is 1.30 bits per heavy atom. The van der Waals surface area contributed by atoms with Crippen molar-refractivity contribution < 1.29 is 23.4 Å². The lowest BCUT2D eigenvalue weighted by atomic mass is 9.90. The molecule has 0 radical (unpaired) electrons. The van der Waals surface area contributed by atoms with Crippen LogP contribution in [0, 0.1) is 15.3 Å². The molecule has 3 unspecified atom stereocenters. The molecule has 3 atom stereocenters. The summed E-state index contributed by atoms with van der Waals surface area (Å²) in [6.07, 6.45) is 1.13. The van der Waals surface area contributed by atoms with Crippen molar-refractivity contribution in [2.24, 2.45) is 5.73 Å². The largest absolute Gasteiger partial charge is 0.456 e. The van der Waals surface area contributed by atoms with E-state index in [1.54, 1.807) is 6.07 Å². The van der Waals surface area contributed by atoms with Gasteiger partial charge >= 0.3 is 5.97 Å². The predicted molar refractivity (Wildman–Crippen MR) is 104 cm³/mol. The van der Waals surface area contributed by atoms with Crippen LogP contribution in [0.15, 0.2) is 30.5 Å². The molecule has 1 aromatic heterocycles. The van der Waals surface area contributed by atoms with Crippen molar-refractivity contribution in [2.45, 2.75) is 37.5 Å². The van der Waals surface area contributed by atoms with Crippen molar-refractivity contribution in [3.05, 3.63) is 51.4 Å². The number of nitrogens with one attached hydrogen (secondary N) is 1. The number of nitrogens with zero attached hydrogens (tertiary/aromatic N) is 1. The Balaban J connectivity index is 1.84. The first-order chi connectivity index (χ1) is 12.8. The monoisotopic (exact) mass is 489 g/mol. The summed E-state index contributed by atoms with van der Waals surface area (Å²) in [5.74, 6) is -2.25. The lowest BCUT2D eigenvalue weighted by molar-refractivity contribution is -0.0437. The van der Waals surface area contributed by atoms with E-state index in [2.05, 4.69) is 10.3 Å². The highest BCUT2D eigenvalue weighted by molar-refractivity contribution is 14.1. The number of benzene rings is 1. The van der Waals surface area contributed by atoms with E-state index in [-0.39, 0.29) is 16.9 Å². The number of halogens is 3. The average molecular weight is 489 g/mol. The summed E-state index contributed by atoms with van der Waals surface area (Å²) in [7, 11) is 0. The van der Waals surface area contributed by atoms with Gasteiger partial charge in [-0.15, -0.1) is 0 Å². The Morgan fingerprint density at radius 2 is 2.07 bits per heavy atom. The van der Waals surface area contributed by atoms with Gasteiger partial charge < -0.3 is 20.9 Å². The molecule has 2 aromatic rings. The predicted octanol–water partition coefficient (Wildman–Crippen LogP) is 3.11. The summed E-state index contributed by atoms with van der Waals surface area (Å²) in [6, 6.07) is 4.92. The topological polar surface area (TPSA) is 97.5 Å². The minimum atomic E-state index is -0.987. The fourth-order valence-corrected chi connectivity index (χ4v) is 3.39. The van der Waals surface area contributed by atoms with E-state index in [1.807, 2.05) is 22.6 Å². The second kappa shape index (κ2) is 8.44. The molecular weight excluding hydrogens is 471 g/mol. The third-order valence-corrected chi connectivity index (χ3v) is 5.07. The van der Waals surface area contributed by atoms with Crippen LogP contribution in [0.4, 0.5) is 20.2 Å². The number of aliphatic hydroxyl groups excluding tert-OH is 1. The molecule has 1 saturated carbocycles. The van der Waals surface area contributed by atoms with E-state index in [9.17, 15) is 18.7 Å². The number of aliphatic hydroxyl groups is 1. The highest BCUT2D eigenvalue weighted by atomic mass is 127. The van der Waals surface area contributed by atoms with E-state index < -0.39 is 36.0 Å². The minimum absolute atomic E-state index is 0.0936. The van der Waals surface area contributed by atoms with Gasteiger partial charge in [-0.25, -0.2) is 14.2 Å². The molecule has 0 bridgehead atoms. The lowest BCUT2D eigenvalue weighted by Gasteiger charge is -2.32. The number of anilines is 2. The first-order valence-corrected chi connectivity index (χ1v) is 9.45. The zero-order valence-electron chi connectivity index (χ0n) is 14.2. The van der Waals surface area contributed by atoms with Crippen molar-refractivity contribution >= 4 is 39.9 Å². The fourth-order valence-electron chi connectivity index (χ4n) is 2.94. The molecule has 6 nitrogen and oxygen atoms in total. The maximum Gasteiger partial charge on any atom is 0.340 e. The molecule has 1 aliphatic carbocycles. The van der Waals surface area contributed by atoms with Crippen LogP contribution in [0.3, 0.4) is 0 Å². The van der Waals surface area contributed by atoms with E-state index in [4.69, 9.17) is 10.5 Å². The van der Waals surface area contributed by atoms with Crippen LogP contribution < -0.4 is 11.1 Å². The molecule has 3 rings (SSSR count). The molecule has 1 aromatic carbocycles. The third-order valence-electron chi connectivity index (χ3n) is 4.40. The lowest BCUT2D eigenvalue weighted by Crippen LogP contribution is -2.48. The number of nitrogens with two attached hydrogens (primary N) is 1. The van der Waals surface area contributed by atoms with Crippen LogP contribution >= 0.6 is 22.6 Å². The third kappa shape index (κ3) is 4.71. The van der Waals surface area contributed by atoms with Gasteiger partial charge in [0.15, 0.2) is 0 Å². The Morgan fingerprint density at radius 3 is 2.81 bits per heavy atom. The minimum Gasteiger partial charge on any atom is -0.456 e. The van der Waals surface area contributed by atoms with Crippen LogP contribution in [0.2, 0.25) is 0 Å². The molecule has 4 N–H and O–H groups in total. The number of ether oxygens (including phenoxy) is 1. The summed E-state index contributed by atoms with van der Waals surface area (Å²) < 4.78 is 33.7. The number of rotatable bonds is 4. The van der Waals surface area contributed by atoms with E-state index >= 15 is 0 Å². The highest BCUT2D eigenvalue weighted by Crippen LogP contribution is 2.27. The summed E-state index contributed by atoms with van der Waals surface area (Å²) in [5.41, 5.74) is 5.86. The van der Waals surface area contributed by atoms with Gasteiger partial charge in [0.2, 0.25) is 5.95 Å². The smallest absolute Gasteiger partial charge is 0.340 e. The molecule has 0 aliphatic heterocycles. The van der Waals surface area contributed by atoms with Crippen molar-refractivity contribution in [1.82, 2.24) is 4.98 Å². The Bertz CT molecular complexity index is 853. The van der Waals surface area contributed by atoms with Gasteiger partial charge in [0.1, 0.15) is 18.0 Å². The SMILES string of the molecule is NC1CCCC(OC(=O)c2cc(F)ncc2Nc2ccc(I)cc2F)C1O. The van der Waals surface area contributed by atoms with E-state index in [0.29, 0.717) is 22.8 Å². The molecule has 9 heteroatoms. The fraction of sp³-hybridized carbons (Fsp3) is 0.333. The number of pyridine rings is 1. The highest BCUT2D eigenvalue weighted by Gasteiger charge is 2.33. The molecule has 1 heterocycles. The quantitative estimate of drug-likeness (QED) is 0.347. The number of aromatic nitrogens is 1. The normalized spacial score (nSPS) is 22.3. The van der Waals surface area contributed by atoms with Crippen LogP contribution in [0.1, 0.15) is 29.6 Å². The summed E-state index contributed by atoms with van der Waals surface area (Å²) in [5, 5.41) is 12.8. The van der Waals surface area contributed by atoms with Crippen molar-refractivity contribution in [3.63, 3.8) is 0 Å². The van der Waals surface area contributed by atoms with E-state index in [1.165, 1.54) is 12.1 Å². The number of esters is 1. The van der Waals surface area contributed by atoms with Gasteiger partial charge in [-0.05, 0) is 60.1 Å². The van der Waals surface area contributed by atoms with Gasteiger partial charge in [0.05, 0.1) is 23.1 Å². The van der Waals surface area contributed by atoms with Gasteiger partial charge in [0.25, 0.3) is 0 Å². The molecule has 0 amide bonds. The number of hydrogen-bond acceptors (Lipinski definition) is 6. The molecule has 27 heavy (non-hydrogen) atoms. The average Bonchev–Trinajstić information content (AvgIpc) is 2.62. The van der Waals surface area contributed by atoms with Crippen LogP contribution in [-0.2, 0) is 4.74 Å². The number of hydrogen-bond donors (Lipinski definition) is 3. The number of carbonyl (C=O) groups excluding carboxylic acids is 1. The molecule has 1 aliphatic rings. The zero-order valence-corrected chi connectivity index (χ0v) is 16.3. The molecular formula is C18H18F2IN3O3. The summed E-state index contributed by atoms with van der Waals surface area (Å²) in [6.45, 7) is 0. The van der Waals surface area contributed by atoms with Crippen LogP contribution in [0.5, 0.6) is 0 Å². The maximum absolute atomic E-state index is 14.1. The van der Waals surface area contributed by atoms with Gasteiger partial charge in [0, 0.05) is 15.7 Å². The van der Waals surface area contributed by atoms with Gasteiger partial charge in [-0.3, -0.25) is 0 Å². The second-order valence-corrected chi connectivity index (χ2v) is 7.58. The zero-order chi connectivity index (χ0) is 19.6. The Hall–Kier alpha value is -1.85.